The monoisotopic (exact) mass is 409 g/mol. The van der Waals surface area contributed by atoms with Crippen LogP contribution in [0.1, 0.15) is 11.4 Å². The van der Waals surface area contributed by atoms with Crippen LogP contribution in [0.25, 0.3) is 11.8 Å². The molecule has 0 saturated carbocycles. The minimum atomic E-state index is -0.573. The zero-order valence-electron chi connectivity index (χ0n) is 16.5. The Morgan fingerprint density at radius 1 is 1.27 bits per heavy atom. The molecule has 30 heavy (non-hydrogen) atoms. The first-order valence-corrected chi connectivity index (χ1v) is 8.97. The van der Waals surface area contributed by atoms with Crippen LogP contribution in [0.3, 0.4) is 0 Å². The van der Waals surface area contributed by atoms with Gasteiger partial charge in [-0.25, -0.2) is 4.39 Å². The molecule has 9 heteroatoms. The van der Waals surface area contributed by atoms with E-state index in [1.807, 2.05) is 0 Å². The molecule has 0 aliphatic carbocycles. The van der Waals surface area contributed by atoms with Crippen LogP contribution in [0.4, 0.5) is 10.1 Å². The van der Waals surface area contributed by atoms with Gasteiger partial charge in [0.05, 0.1) is 18.5 Å². The molecule has 0 spiro atoms. The number of nitrogens with one attached hydrogen (secondary N) is 1. The first kappa shape index (κ1) is 20.7. The van der Waals surface area contributed by atoms with Gasteiger partial charge in [-0.3, -0.25) is 4.79 Å². The van der Waals surface area contributed by atoms with Crippen LogP contribution in [-0.4, -0.2) is 39.8 Å². The van der Waals surface area contributed by atoms with E-state index < -0.39 is 11.7 Å². The smallest absolute Gasteiger partial charge is 0.248 e. The highest BCUT2D eigenvalue weighted by Gasteiger charge is 2.10. The van der Waals surface area contributed by atoms with Crippen LogP contribution in [0.5, 0.6) is 11.5 Å². The van der Waals surface area contributed by atoms with Crippen LogP contribution in [0.2, 0.25) is 0 Å². The number of tetrazole rings is 1. The van der Waals surface area contributed by atoms with Crippen molar-refractivity contribution in [2.75, 3.05) is 19.0 Å². The van der Waals surface area contributed by atoms with Crippen molar-refractivity contribution < 1.29 is 18.7 Å². The SMILES string of the molecule is C=CCOc1ccc(/C=C/C(=O)Nc2cc(-n3nnnc3C)ccc2F)cc1OC. The Kier molecular flexibility index (Phi) is 6.53. The van der Waals surface area contributed by atoms with Crippen molar-refractivity contribution in [3.63, 3.8) is 0 Å². The lowest BCUT2D eigenvalue weighted by atomic mass is 10.2. The predicted molar refractivity (Wildman–Crippen MR) is 110 cm³/mol. The summed E-state index contributed by atoms with van der Waals surface area (Å²) >= 11 is 0. The number of carbonyl (C=O) groups is 1. The number of hydrogen-bond donors (Lipinski definition) is 1. The largest absolute Gasteiger partial charge is 0.493 e. The number of anilines is 1. The van der Waals surface area contributed by atoms with Gasteiger partial charge < -0.3 is 14.8 Å². The van der Waals surface area contributed by atoms with E-state index in [9.17, 15) is 9.18 Å². The van der Waals surface area contributed by atoms with Gasteiger partial charge in [-0.05, 0) is 59.3 Å². The van der Waals surface area contributed by atoms with Crippen LogP contribution >= 0.6 is 0 Å². The number of nitrogens with zero attached hydrogens (tertiary/aromatic N) is 4. The number of ether oxygens (including phenoxy) is 2. The lowest BCUT2D eigenvalue weighted by Crippen LogP contribution is -2.10. The van der Waals surface area contributed by atoms with E-state index in [2.05, 4.69) is 27.4 Å². The Morgan fingerprint density at radius 3 is 2.80 bits per heavy atom. The van der Waals surface area contributed by atoms with E-state index in [4.69, 9.17) is 9.47 Å². The highest BCUT2D eigenvalue weighted by Crippen LogP contribution is 2.28. The zero-order chi connectivity index (χ0) is 21.5. The molecule has 0 aliphatic heterocycles. The van der Waals surface area contributed by atoms with Crippen LogP contribution < -0.4 is 14.8 Å². The standard InChI is InChI=1S/C21H20FN5O3/c1-4-11-30-19-9-5-15(12-20(19)29-3)6-10-21(28)23-18-13-16(7-8-17(18)22)27-14(2)24-25-26-27/h4-10,12-13H,1,11H2,2-3H3,(H,23,28)/b10-6+. The molecule has 1 N–H and O–H groups in total. The summed E-state index contributed by atoms with van der Waals surface area (Å²) < 4.78 is 26.4. The third-order valence-corrected chi connectivity index (χ3v) is 4.05. The number of aryl methyl sites for hydroxylation is 1. The van der Waals surface area contributed by atoms with Crippen molar-refractivity contribution in [3.8, 4) is 17.2 Å². The summed E-state index contributed by atoms with van der Waals surface area (Å²) in [4.78, 5) is 12.3. The van der Waals surface area contributed by atoms with Gasteiger partial charge in [0.1, 0.15) is 12.4 Å². The van der Waals surface area contributed by atoms with Crippen molar-refractivity contribution in [1.29, 1.82) is 0 Å². The third kappa shape index (κ3) is 4.88. The first-order valence-electron chi connectivity index (χ1n) is 8.97. The molecule has 154 valence electrons. The highest BCUT2D eigenvalue weighted by atomic mass is 19.1. The number of rotatable bonds is 8. The molecule has 0 atom stereocenters. The summed E-state index contributed by atoms with van der Waals surface area (Å²) in [6, 6.07) is 9.45. The fourth-order valence-electron chi connectivity index (χ4n) is 2.61. The third-order valence-electron chi connectivity index (χ3n) is 4.05. The predicted octanol–water partition coefficient (Wildman–Crippen LogP) is 3.34. The molecule has 0 saturated heterocycles. The Hall–Kier alpha value is -4.01. The summed E-state index contributed by atoms with van der Waals surface area (Å²) in [5, 5.41) is 13.7. The maximum Gasteiger partial charge on any atom is 0.248 e. The molecule has 0 bridgehead atoms. The number of hydrogen-bond acceptors (Lipinski definition) is 6. The molecule has 1 amide bonds. The Balaban J connectivity index is 1.73. The van der Waals surface area contributed by atoms with Crippen molar-refractivity contribution in [2.24, 2.45) is 0 Å². The number of aromatic nitrogens is 4. The number of carbonyl (C=O) groups excluding carboxylic acids is 1. The minimum Gasteiger partial charge on any atom is -0.493 e. The lowest BCUT2D eigenvalue weighted by Gasteiger charge is -2.10. The minimum absolute atomic E-state index is 0.0165. The van der Waals surface area contributed by atoms with Crippen LogP contribution in [0, 0.1) is 12.7 Å². The second kappa shape index (κ2) is 9.46. The van der Waals surface area contributed by atoms with Gasteiger partial charge in [0.25, 0.3) is 0 Å². The maximum absolute atomic E-state index is 14.1. The van der Waals surface area contributed by atoms with Crippen LogP contribution in [-0.2, 0) is 4.79 Å². The second-order valence-corrected chi connectivity index (χ2v) is 6.13. The molecule has 3 rings (SSSR count). The summed E-state index contributed by atoms with van der Waals surface area (Å²) in [5.74, 6) is 0.557. The van der Waals surface area contributed by atoms with Gasteiger partial charge in [-0.15, -0.1) is 5.10 Å². The van der Waals surface area contributed by atoms with E-state index in [1.54, 1.807) is 37.3 Å². The van der Waals surface area contributed by atoms with Gasteiger partial charge >= 0.3 is 0 Å². The van der Waals surface area contributed by atoms with Gasteiger partial charge in [-0.2, -0.15) is 4.68 Å². The molecule has 0 fully saturated rings. The van der Waals surface area contributed by atoms with Crippen molar-refractivity contribution in [2.45, 2.75) is 6.92 Å². The average Bonchev–Trinajstić information content (AvgIpc) is 3.18. The maximum atomic E-state index is 14.1. The number of amides is 1. The molecule has 0 radical (unpaired) electrons. The van der Waals surface area contributed by atoms with E-state index in [-0.39, 0.29) is 5.69 Å². The average molecular weight is 409 g/mol. The zero-order valence-corrected chi connectivity index (χ0v) is 16.5. The molecule has 3 aromatic rings. The topological polar surface area (TPSA) is 91.2 Å². The summed E-state index contributed by atoms with van der Waals surface area (Å²) in [5.41, 5.74) is 1.26. The van der Waals surface area contributed by atoms with E-state index in [0.29, 0.717) is 35.2 Å². The fraction of sp³-hybridized carbons (Fsp3) is 0.143. The van der Waals surface area contributed by atoms with E-state index >= 15 is 0 Å². The number of benzene rings is 2. The van der Waals surface area contributed by atoms with Crippen molar-refractivity contribution in [3.05, 3.63) is 72.3 Å². The van der Waals surface area contributed by atoms with Crippen molar-refractivity contribution in [1.82, 2.24) is 20.2 Å². The second-order valence-electron chi connectivity index (χ2n) is 6.13. The molecule has 2 aromatic carbocycles. The van der Waals surface area contributed by atoms with E-state index in [1.165, 1.54) is 36.1 Å². The summed E-state index contributed by atoms with van der Waals surface area (Å²) in [6.45, 7) is 5.67. The van der Waals surface area contributed by atoms with Gasteiger partial charge in [0.15, 0.2) is 17.3 Å². The van der Waals surface area contributed by atoms with E-state index in [0.717, 1.165) is 0 Å². The summed E-state index contributed by atoms with van der Waals surface area (Å²) in [6.07, 6.45) is 4.52. The van der Waals surface area contributed by atoms with Gasteiger partial charge in [-0.1, -0.05) is 18.7 Å². The van der Waals surface area contributed by atoms with Crippen LogP contribution in [0.15, 0.2) is 55.1 Å². The molecule has 8 nitrogen and oxygen atoms in total. The first-order chi connectivity index (χ1) is 14.5. The molecule has 0 unspecified atom stereocenters. The van der Waals surface area contributed by atoms with Gasteiger partial charge in [0, 0.05) is 6.08 Å². The highest BCUT2D eigenvalue weighted by molar-refractivity contribution is 6.02. The Labute approximate surface area is 172 Å². The normalized spacial score (nSPS) is 10.8. The molecule has 0 aliphatic rings. The molecule has 1 heterocycles. The lowest BCUT2D eigenvalue weighted by molar-refractivity contribution is -0.111. The molecular weight excluding hydrogens is 389 g/mol. The Morgan fingerprint density at radius 2 is 2.10 bits per heavy atom. The quantitative estimate of drug-likeness (QED) is 0.453. The number of halogens is 1. The molecule has 1 aromatic heterocycles. The fourth-order valence-corrected chi connectivity index (χ4v) is 2.61. The Bertz CT molecular complexity index is 1090. The van der Waals surface area contributed by atoms with Gasteiger partial charge in [0.2, 0.25) is 5.91 Å². The summed E-state index contributed by atoms with van der Waals surface area (Å²) in [7, 11) is 1.53. The number of methoxy groups -OCH3 is 1. The van der Waals surface area contributed by atoms with Crippen molar-refractivity contribution >= 4 is 17.7 Å². The molecular formula is C21H20FN5O3.